The Hall–Kier alpha value is -2.58. The summed E-state index contributed by atoms with van der Waals surface area (Å²) >= 11 is 0. The van der Waals surface area contributed by atoms with E-state index in [2.05, 4.69) is 20.4 Å². The normalized spacial score (nSPS) is 13.5. The standard InChI is InChI=1S/C19H27F3N6/c1-5-23-18(27(3)12-17-25-13-26-28(17)4)24-10-9-14(2)15-7-6-8-16(11-15)19(20,21)22/h6-8,11,13-14H,5,9-10,12H2,1-4H3,(H,23,24). The molecule has 2 aromatic rings. The van der Waals surface area contributed by atoms with E-state index in [9.17, 15) is 13.2 Å². The minimum absolute atomic E-state index is 0.0297. The number of nitrogens with zero attached hydrogens (tertiary/aromatic N) is 5. The Balaban J connectivity index is 2.00. The van der Waals surface area contributed by atoms with E-state index in [0.717, 1.165) is 17.9 Å². The quantitative estimate of drug-likeness (QED) is 0.576. The summed E-state index contributed by atoms with van der Waals surface area (Å²) < 4.78 is 40.4. The van der Waals surface area contributed by atoms with Crippen molar-refractivity contribution in [3.05, 3.63) is 47.5 Å². The molecule has 1 N–H and O–H groups in total. The van der Waals surface area contributed by atoms with Crippen LogP contribution in [0.2, 0.25) is 0 Å². The second-order valence-corrected chi connectivity index (χ2v) is 6.70. The number of hydrogen-bond donors (Lipinski definition) is 1. The summed E-state index contributed by atoms with van der Waals surface area (Å²) in [4.78, 5) is 10.8. The van der Waals surface area contributed by atoms with Gasteiger partial charge >= 0.3 is 6.18 Å². The average Bonchev–Trinajstić information content (AvgIpc) is 3.05. The number of aliphatic imine (C=N–C) groups is 1. The molecule has 0 bridgehead atoms. The van der Waals surface area contributed by atoms with Crippen molar-refractivity contribution in [1.82, 2.24) is 25.0 Å². The fourth-order valence-corrected chi connectivity index (χ4v) is 2.77. The maximum Gasteiger partial charge on any atom is 0.416 e. The van der Waals surface area contributed by atoms with Crippen molar-refractivity contribution < 1.29 is 13.2 Å². The molecule has 0 saturated heterocycles. The summed E-state index contributed by atoms with van der Waals surface area (Å²) in [5.41, 5.74) is 0.0552. The molecule has 0 radical (unpaired) electrons. The van der Waals surface area contributed by atoms with Gasteiger partial charge in [0.1, 0.15) is 12.2 Å². The van der Waals surface area contributed by atoms with Gasteiger partial charge in [-0.25, -0.2) is 4.98 Å². The van der Waals surface area contributed by atoms with E-state index in [4.69, 9.17) is 0 Å². The number of halogens is 3. The van der Waals surface area contributed by atoms with Crippen LogP contribution in [0.5, 0.6) is 0 Å². The van der Waals surface area contributed by atoms with Crippen LogP contribution in [-0.2, 0) is 19.8 Å². The molecule has 2 rings (SSSR count). The smallest absolute Gasteiger partial charge is 0.357 e. The first-order chi connectivity index (χ1) is 13.2. The Morgan fingerprint density at radius 3 is 2.71 bits per heavy atom. The van der Waals surface area contributed by atoms with Gasteiger partial charge in [-0.2, -0.15) is 18.3 Å². The molecule has 0 aliphatic rings. The lowest BCUT2D eigenvalue weighted by atomic mass is 9.96. The maximum atomic E-state index is 12.9. The molecule has 1 aromatic heterocycles. The number of aromatic nitrogens is 3. The van der Waals surface area contributed by atoms with Gasteiger partial charge in [-0.05, 0) is 30.9 Å². The Kier molecular flexibility index (Phi) is 7.42. The van der Waals surface area contributed by atoms with Crippen molar-refractivity contribution in [3.63, 3.8) is 0 Å². The van der Waals surface area contributed by atoms with Crippen molar-refractivity contribution in [1.29, 1.82) is 0 Å². The molecule has 6 nitrogen and oxygen atoms in total. The number of nitrogens with one attached hydrogen (secondary N) is 1. The molecule has 0 saturated carbocycles. The van der Waals surface area contributed by atoms with E-state index in [1.807, 2.05) is 32.8 Å². The molecule has 0 spiro atoms. The lowest BCUT2D eigenvalue weighted by molar-refractivity contribution is -0.137. The topological polar surface area (TPSA) is 58.3 Å². The van der Waals surface area contributed by atoms with E-state index < -0.39 is 11.7 Å². The van der Waals surface area contributed by atoms with Gasteiger partial charge < -0.3 is 10.2 Å². The Morgan fingerprint density at radius 2 is 2.11 bits per heavy atom. The van der Waals surface area contributed by atoms with Gasteiger partial charge in [0.25, 0.3) is 0 Å². The van der Waals surface area contributed by atoms with Crippen molar-refractivity contribution in [3.8, 4) is 0 Å². The van der Waals surface area contributed by atoms with E-state index in [0.29, 0.717) is 31.6 Å². The van der Waals surface area contributed by atoms with E-state index >= 15 is 0 Å². The molecule has 1 atom stereocenters. The van der Waals surface area contributed by atoms with Gasteiger partial charge in [0.05, 0.1) is 12.1 Å². The van der Waals surface area contributed by atoms with Gasteiger partial charge in [-0.1, -0.05) is 25.1 Å². The van der Waals surface area contributed by atoms with Gasteiger partial charge in [0.15, 0.2) is 5.96 Å². The van der Waals surface area contributed by atoms with Gasteiger partial charge in [0.2, 0.25) is 0 Å². The summed E-state index contributed by atoms with van der Waals surface area (Å²) in [6.07, 6.45) is -2.17. The fraction of sp³-hybridized carbons (Fsp3) is 0.526. The zero-order valence-corrected chi connectivity index (χ0v) is 16.7. The van der Waals surface area contributed by atoms with Crippen LogP contribution in [0.1, 0.15) is 43.1 Å². The molecular formula is C19H27F3N6. The summed E-state index contributed by atoms with van der Waals surface area (Å²) in [6.45, 7) is 5.66. The molecule has 0 fully saturated rings. The number of rotatable bonds is 7. The van der Waals surface area contributed by atoms with Crippen molar-refractivity contribution in [2.75, 3.05) is 20.1 Å². The van der Waals surface area contributed by atoms with Crippen LogP contribution in [-0.4, -0.2) is 45.8 Å². The fourth-order valence-electron chi connectivity index (χ4n) is 2.77. The molecule has 1 unspecified atom stereocenters. The highest BCUT2D eigenvalue weighted by Crippen LogP contribution is 2.31. The van der Waals surface area contributed by atoms with Crippen LogP contribution in [0.25, 0.3) is 0 Å². The third-order valence-corrected chi connectivity index (χ3v) is 4.49. The van der Waals surface area contributed by atoms with Crippen LogP contribution in [0.15, 0.2) is 35.6 Å². The lowest BCUT2D eigenvalue weighted by Gasteiger charge is -2.22. The van der Waals surface area contributed by atoms with Crippen LogP contribution < -0.4 is 5.32 Å². The third kappa shape index (κ3) is 5.97. The number of aryl methyl sites for hydroxylation is 1. The summed E-state index contributed by atoms with van der Waals surface area (Å²) in [7, 11) is 3.74. The number of benzene rings is 1. The SMILES string of the molecule is CCNC(=NCCC(C)c1cccc(C(F)(F)F)c1)N(C)Cc1ncnn1C. The predicted octanol–water partition coefficient (Wildman–Crippen LogP) is 3.43. The first kappa shape index (κ1) is 21.7. The second-order valence-electron chi connectivity index (χ2n) is 6.70. The van der Waals surface area contributed by atoms with E-state index in [1.165, 1.54) is 18.5 Å². The number of alkyl halides is 3. The first-order valence-corrected chi connectivity index (χ1v) is 9.21. The summed E-state index contributed by atoms with van der Waals surface area (Å²) in [5.74, 6) is 1.50. The molecule has 1 aromatic carbocycles. The highest BCUT2D eigenvalue weighted by atomic mass is 19.4. The van der Waals surface area contributed by atoms with E-state index in [-0.39, 0.29) is 5.92 Å². The minimum Gasteiger partial charge on any atom is -0.357 e. The van der Waals surface area contributed by atoms with Crippen molar-refractivity contribution in [2.45, 2.75) is 38.9 Å². The van der Waals surface area contributed by atoms with Crippen LogP contribution in [0, 0.1) is 0 Å². The summed E-state index contributed by atoms with van der Waals surface area (Å²) in [5, 5.41) is 7.28. The molecule has 1 heterocycles. The van der Waals surface area contributed by atoms with Gasteiger partial charge in [-0.3, -0.25) is 9.67 Å². The molecule has 0 aliphatic heterocycles. The average molecular weight is 396 g/mol. The second kappa shape index (κ2) is 9.57. The Morgan fingerprint density at radius 1 is 1.36 bits per heavy atom. The molecule has 154 valence electrons. The largest absolute Gasteiger partial charge is 0.416 e. The van der Waals surface area contributed by atoms with Gasteiger partial charge in [-0.15, -0.1) is 0 Å². The van der Waals surface area contributed by atoms with Crippen LogP contribution >= 0.6 is 0 Å². The van der Waals surface area contributed by atoms with E-state index in [1.54, 1.807) is 10.7 Å². The van der Waals surface area contributed by atoms with Crippen molar-refractivity contribution >= 4 is 5.96 Å². The lowest BCUT2D eigenvalue weighted by Crippen LogP contribution is -2.39. The first-order valence-electron chi connectivity index (χ1n) is 9.21. The minimum atomic E-state index is -4.32. The molecular weight excluding hydrogens is 369 g/mol. The monoisotopic (exact) mass is 396 g/mol. The summed E-state index contributed by atoms with van der Waals surface area (Å²) in [6, 6.07) is 5.50. The van der Waals surface area contributed by atoms with Crippen LogP contribution in [0.3, 0.4) is 0 Å². The Labute approximate surface area is 163 Å². The van der Waals surface area contributed by atoms with Crippen LogP contribution in [0.4, 0.5) is 13.2 Å². The molecule has 9 heteroatoms. The predicted molar refractivity (Wildman–Crippen MR) is 103 cm³/mol. The Bertz CT molecular complexity index is 784. The zero-order valence-electron chi connectivity index (χ0n) is 16.7. The molecule has 0 amide bonds. The number of guanidine groups is 1. The maximum absolute atomic E-state index is 12.9. The van der Waals surface area contributed by atoms with Crippen molar-refractivity contribution in [2.24, 2.45) is 12.0 Å². The highest BCUT2D eigenvalue weighted by molar-refractivity contribution is 5.79. The third-order valence-electron chi connectivity index (χ3n) is 4.49. The molecule has 0 aliphatic carbocycles. The number of hydrogen-bond acceptors (Lipinski definition) is 3. The highest BCUT2D eigenvalue weighted by Gasteiger charge is 2.30. The zero-order chi connectivity index (χ0) is 20.7. The van der Waals surface area contributed by atoms with Gasteiger partial charge in [0, 0.05) is 27.2 Å². The molecule has 28 heavy (non-hydrogen) atoms.